The van der Waals surface area contributed by atoms with Crippen molar-refractivity contribution in [3.63, 3.8) is 0 Å². The molecule has 0 aliphatic carbocycles. The maximum atomic E-state index is 5.21. The average molecular weight is 243 g/mol. The molecule has 0 saturated heterocycles. The minimum Gasteiger partial charge on any atom is -0.497 e. The number of methoxy groups -OCH3 is 2. The van der Waals surface area contributed by atoms with Gasteiger partial charge in [-0.1, -0.05) is 18.2 Å². The van der Waals surface area contributed by atoms with E-state index in [0.29, 0.717) is 5.88 Å². The molecule has 1 aromatic heterocycles. The quantitative estimate of drug-likeness (QED) is 0.809. The van der Waals surface area contributed by atoms with Crippen molar-refractivity contribution in [2.45, 2.75) is 12.8 Å². The summed E-state index contributed by atoms with van der Waals surface area (Å²) in [6.07, 6.45) is 3.80. The fourth-order valence-electron chi connectivity index (χ4n) is 1.80. The first-order valence-corrected chi connectivity index (χ1v) is 5.93. The standard InChI is InChI=1S/C15H17NO2/c1-17-14-5-3-4-12(10-14)6-7-13-8-9-15(18-2)16-11-13/h3-5,8-11H,6-7H2,1-2H3. The van der Waals surface area contributed by atoms with Crippen molar-refractivity contribution in [2.75, 3.05) is 14.2 Å². The van der Waals surface area contributed by atoms with Crippen LogP contribution in [0.2, 0.25) is 0 Å². The van der Waals surface area contributed by atoms with E-state index in [9.17, 15) is 0 Å². The molecule has 0 saturated carbocycles. The van der Waals surface area contributed by atoms with Crippen molar-refractivity contribution < 1.29 is 9.47 Å². The zero-order valence-corrected chi connectivity index (χ0v) is 10.7. The maximum absolute atomic E-state index is 5.21. The molecular weight excluding hydrogens is 226 g/mol. The summed E-state index contributed by atoms with van der Waals surface area (Å²) in [6.45, 7) is 0. The van der Waals surface area contributed by atoms with Crippen LogP contribution in [0.25, 0.3) is 0 Å². The van der Waals surface area contributed by atoms with Gasteiger partial charge < -0.3 is 9.47 Å². The van der Waals surface area contributed by atoms with Crippen LogP contribution in [0.4, 0.5) is 0 Å². The van der Waals surface area contributed by atoms with Gasteiger partial charge >= 0.3 is 0 Å². The topological polar surface area (TPSA) is 31.4 Å². The third-order valence-corrected chi connectivity index (χ3v) is 2.84. The van der Waals surface area contributed by atoms with Crippen LogP contribution < -0.4 is 9.47 Å². The Kier molecular flexibility index (Phi) is 4.18. The van der Waals surface area contributed by atoms with Crippen LogP contribution in [0.1, 0.15) is 11.1 Å². The summed E-state index contributed by atoms with van der Waals surface area (Å²) in [5, 5.41) is 0. The highest BCUT2D eigenvalue weighted by molar-refractivity contribution is 5.29. The lowest BCUT2D eigenvalue weighted by atomic mass is 10.1. The second kappa shape index (κ2) is 6.05. The van der Waals surface area contributed by atoms with Gasteiger partial charge in [-0.15, -0.1) is 0 Å². The van der Waals surface area contributed by atoms with E-state index in [2.05, 4.69) is 17.1 Å². The van der Waals surface area contributed by atoms with Crippen LogP contribution in [-0.4, -0.2) is 19.2 Å². The number of rotatable bonds is 5. The van der Waals surface area contributed by atoms with Gasteiger partial charge in [0.05, 0.1) is 14.2 Å². The van der Waals surface area contributed by atoms with E-state index in [0.717, 1.165) is 18.6 Å². The van der Waals surface area contributed by atoms with Crippen LogP contribution in [-0.2, 0) is 12.8 Å². The summed E-state index contributed by atoms with van der Waals surface area (Å²) < 4.78 is 10.2. The highest BCUT2D eigenvalue weighted by Gasteiger charge is 1.99. The Morgan fingerprint density at radius 2 is 1.78 bits per heavy atom. The summed E-state index contributed by atoms with van der Waals surface area (Å²) in [5.41, 5.74) is 2.48. The van der Waals surface area contributed by atoms with Gasteiger partial charge in [0.15, 0.2) is 0 Å². The summed E-state index contributed by atoms with van der Waals surface area (Å²) >= 11 is 0. The number of aryl methyl sites for hydroxylation is 2. The van der Waals surface area contributed by atoms with E-state index in [-0.39, 0.29) is 0 Å². The van der Waals surface area contributed by atoms with Crippen molar-refractivity contribution in [3.05, 3.63) is 53.7 Å². The molecule has 1 aromatic carbocycles. The molecule has 0 radical (unpaired) electrons. The Labute approximate surface area is 107 Å². The average Bonchev–Trinajstić information content (AvgIpc) is 2.46. The van der Waals surface area contributed by atoms with Crippen molar-refractivity contribution in [1.82, 2.24) is 4.98 Å². The Morgan fingerprint density at radius 1 is 0.944 bits per heavy atom. The van der Waals surface area contributed by atoms with Gasteiger partial charge in [0.25, 0.3) is 0 Å². The summed E-state index contributed by atoms with van der Waals surface area (Å²) in [5.74, 6) is 1.56. The molecule has 1 heterocycles. The molecule has 0 aliphatic rings. The van der Waals surface area contributed by atoms with E-state index >= 15 is 0 Å². The molecule has 2 rings (SSSR count). The van der Waals surface area contributed by atoms with Crippen LogP contribution in [0.3, 0.4) is 0 Å². The Bertz CT molecular complexity index is 494. The number of aromatic nitrogens is 1. The first-order chi connectivity index (χ1) is 8.81. The van der Waals surface area contributed by atoms with Crippen LogP contribution >= 0.6 is 0 Å². The second-order valence-corrected chi connectivity index (χ2v) is 4.06. The van der Waals surface area contributed by atoms with Gasteiger partial charge in [-0.3, -0.25) is 0 Å². The van der Waals surface area contributed by atoms with E-state index in [1.165, 1.54) is 11.1 Å². The Hall–Kier alpha value is -2.03. The molecule has 2 aromatic rings. The molecule has 0 bridgehead atoms. The van der Waals surface area contributed by atoms with Gasteiger partial charge in [-0.2, -0.15) is 0 Å². The fourth-order valence-corrected chi connectivity index (χ4v) is 1.80. The van der Waals surface area contributed by atoms with Crippen LogP contribution in [0.5, 0.6) is 11.6 Å². The Balaban J connectivity index is 1.97. The van der Waals surface area contributed by atoms with Gasteiger partial charge in [0.2, 0.25) is 5.88 Å². The number of hydrogen-bond acceptors (Lipinski definition) is 3. The first kappa shape index (κ1) is 12.4. The maximum Gasteiger partial charge on any atom is 0.212 e. The van der Waals surface area contributed by atoms with Crippen LogP contribution in [0.15, 0.2) is 42.6 Å². The molecule has 18 heavy (non-hydrogen) atoms. The van der Waals surface area contributed by atoms with Crippen molar-refractivity contribution >= 4 is 0 Å². The molecule has 0 unspecified atom stereocenters. The molecule has 3 heteroatoms. The lowest BCUT2D eigenvalue weighted by molar-refractivity contribution is 0.397. The third kappa shape index (κ3) is 3.23. The number of nitrogens with zero attached hydrogens (tertiary/aromatic N) is 1. The van der Waals surface area contributed by atoms with E-state index in [4.69, 9.17) is 9.47 Å². The minimum atomic E-state index is 0.653. The Morgan fingerprint density at radius 3 is 2.44 bits per heavy atom. The fraction of sp³-hybridized carbons (Fsp3) is 0.267. The van der Waals surface area contributed by atoms with Crippen molar-refractivity contribution in [3.8, 4) is 11.6 Å². The van der Waals surface area contributed by atoms with E-state index in [1.54, 1.807) is 14.2 Å². The zero-order valence-electron chi connectivity index (χ0n) is 10.7. The molecule has 0 aliphatic heterocycles. The number of ether oxygens (including phenoxy) is 2. The monoisotopic (exact) mass is 243 g/mol. The van der Waals surface area contributed by atoms with Crippen molar-refractivity contribution in [2.24, 2.45) is 0 Å². The normalized spacial score (nSPS) is 10.1. The summed E-state index contributed by atoms with van der Waals surface area (Å²) in [6, 6.07) is 12.1. The predicted molar refractivity (Wildman–Crippen MR) is 71.2 cm³/mol. The molecular formula is C15H17NO2. The summed E-state index contributed by atoms with van der Waals surface area (Å²) in [7, 11) is 3.31. The highest BCUT2D eigenvalue weighted by Crippen LogP contribution is 2.15. The van der Waals surface area contributed by atoms with Gasteiger partial charge in [0, 0.05) is 12.3 Å². The second-order valence-electron chi connectivity index (χ2n) is 4.06. The minimum absolute atomic E-state index is 0.653. The number of pyridine rings is 1. The van der Waals surface area contributed by atoms with Gasteiger partial charge in [-0.25, -0.2) is 4.98 Å². The largest absolute Gasteiger partial charge is 0.497 e. The lowest BCUT2D eigenvalue weighted by Gasteiger charge is -2.05. The highest BCUT2D eigenvalue weighted by atomic mass is 16.5. The number of hydrogen-bond donors (Lipinski definition) is 0. The van der Waals surface area contributed by atoms with E-state index < -0.39 is 0 Å². The molecule has 0 N–H and O–H groups in total. The molecule has 3 nitrogen and oxygen atoms in total. The van der Waals surface area contributed by atoms with Gasteiger partial charge in [-0.05, 0) is 36.1 Å². The van der Waals surface area contributed by atoms with Crippen LogP contribution in [0, 0.1) is 0 Å². The van der Waals surface area contributed by atoms with E-state index in [1.807, 2.05) is 30.5 Å². The molecule has 0 amide bonds. The molecule has 0 fully saturated rings. The SMILES string of the molecule is COc1cccc(CCc2ccc(OC)nc2)c1. The smallest absolute Gasteiger partial charge is 0.212 e. The van der Waals surface area contributed by atoms with Gasteiger partial charge in [0.1, 0.15) is 5.75 Å². The third-order valence-electron chi connectivity index (χ3n) is 2.84. The molecule has 0 spiro atoms. The number of benzene rings is 1. The molecule has 0 atom stereocenters. The summed E-state index contributed by atoms with van der Waals surface area (Å²) in [4.78, 5) is 4.20. The first-order valence-electron chi connectivity index (χ1n) is 5.93. The predicted octanol–water partition coefficient (Wildman–Crippen LogP) is 2.88. The zero-order chi connectivity index (χ0) is 12.8. The molecule has 94 valence electrons. The lowest BCUT2D eigenvalue weighted by Crippen LogP contribution is -1.94. The van der Waals surface area contributed by atoms with Crippen molar-refractivity contribution in [1.29, 1.82) is 0 Å².